The maximum Gasteiger partial charge on any atom is 0.263 e. The summed E-state index contributed by atoms with van der Waals surface area (Å²) < 4.78 is 5.35. The van der Waals surface area contributed by atoms with E-state index in [2.05, 4.69) is 17.6 Å². The van der Waals surface area contributed by atoms with Gasteiger partial charge in [0.1, 0.15) is 15.6 Å². The second kappa shape index (κ2) is 6.35. The second-order valence-electron chi connectivity index (χ2n) is 5.10. The molecule has 0 aromatic carbocycles. The number of rotatable bonds is 7. The van der Waals surface area contributed by atoms with Crippen molar-refractivity contribution in [3.8, 4) is 5.75 Å². The second-order valence-corrected chi connectivity index (χ2v) is 6.12. The van der Waals surface area contributed by atoms with Gasteiger partial charge in [-0.15, -0.1) is 11.3 Å². The highest BCUT2D eigenvalue weighted by Gasteiger charge is 2.37. The molecule has 1 saturated carbocycles. The van der Waals surface area contributed by atoms with Gasteiger partial charge in [0.15, 0.2) is 5.75 Å². The fourth-order valence-electron chi connectivity index (χ4n) is 2.42. The van der Waals surface area contributed by atoms with Gasteiger partial charge in [-0.1, -0.05) is 13.3 Å². The van der Waals surface area contributed by atoms with Crippen LogP contribution in [0.3, 0.4) is 0 Å². The zero-order chi connectivity index (χ0) is 14.7. The van der Waals surface area contributed by atoms with Gasteiger partial charge in [-0.25, -0.2) is 0 Å². The molecule has 0 radical (unpaired) electrons. The molecule has 1 amide bonds. The number of carbonyl (C=O) groups is 1. The van der Waals surface area contributed by atoms with Crippen molar-refractivity contribution in [3.63, 3.8) is 0 Å². The molecule has 112 valence electrons. The first-order valence-corrected chi connectivity index (χ1v) is 7.94. The van der Waals surface area contributed by atoms with Gasteiger partial charge < -0.3 is 21.1 Å². The molecule has 5 nitrogen and oxygen atoms in total. The lowest BCUT2D eigenvalue weighted by Crippen LogP contribution is -2.22. The summed E-state index contributed by atoms with van der Waals surface area (Å²) in [5, 5.41) is 7.11. The standard InChI is InChI=1S/C14H23N3O2S/c1-4-6-8-7-9(8)17-14-11(19-3)10(15)12(20-14)13(18)16-5-2/h8-9,17H,4-7,15H2,1-3H3,(H,16,18). The van der Waals surface area contributed by atoms with E-state index in [0.29, 0.717) is 28.9 Å². The van der Waals surface area contributed by atoms with Crippen molar-refractivity contribution in [2.45, 2.75) is 39.2 Å². The molecule has 1 aromatic rings. The SMILES string of the molecule is CCCC1CC1Nc1sc(C(=O)NCC)c(N)c1OC. The quantitative estimate of drug-likeness (QED) is 0.723. The number of amides is 1. The minimum atomic E-state index is -0.137. The van der Waals surface area contributed by atoms with Crippen LogP contribution in [0.2, 0.25) is 0 Å². The van der Waals surface area contributed by atoms with Gasteiger partial charge in [0, 0.05) is 12.6 Å². The van der Waals surface area contributed by atoms with Crippen molar-refractivity contribution in [2.75, 3.05) is 24.7 Å². The number of nitrogen functional groups attached to an aromatic ring is 1. The molecule has 6 heteroatoms. The molecule has 1 heterocycles. The van der Waals surface area contributed by atoms with Gasteiger partial charge in [-0.05, 0) is 25.7 Å². The van der Waals surface area contributed by atoms with Crippen molar-refractivity contribution in [1.82, 2.24) is 5.32 Å². The minimum Gasteiger partial charge on any atom is -0.492 e. The van der Waals surface area contributed by atoms with Crippen LogP contribution in [0.15, 0.2) is 0 Å². The van der Waals surface area contributed by atoms with E-state index < -0.39 is 0 Å². The molecule has 0 bridgehead atoms. The maximum absolute atomic E-state index is 12.0. The van der Waals surface area contributed by atoms with Crippen LogP contribution in [-0.2, 0) is 0 Å². The topological polar surface area (TPSA) is 76.4 Å². The third kappa shape index (κ3) is 3.00. The van der Waals surface area contributed by atoms with Crippen LogP contribution < -0.4 is 21.1 Å². The smallest absolute Gasteiger partial charge is 0.263 e. The van der Waals surface area contributed by atoms with Crippen LogP contribution in [-0.4, -0.2) is 25.6 Å². The van der Waals surface area contributed by atoms with Gasteiger partial charge in [0.25, 0.3) is 5.91 Å². The fraction of sp³-hybridized carbons (Fsp3) is 0.643. The van der Waals surface area contributed by atoms with Gasteiger partial charge >= 0.3 is 0 Å². The Hall–Kier alpha value is -1.43. The molecule has 1 fully saturated rings. The third-order valence-corrected chi connectivity index (χ3v) is 4.66. The summed E-state index contributed by atoms with van der Waals surface area (Å²) in [6.07, 6.45) is 3.63. The Morgan fingerprint density at radius 3 is 2.85 bits per heavy atom. The van der Waals surface area contributed by atoms with Gasteiger partial charge in [-0.3, -0.25) is 4.79 Å². The number of hydrogen-bond acceptors (Lipinski definition) is 5. The van der Waals surface area contributed by atoms with Crippen molar-refractivity contribution in [2.24, 2.45) is 5.92 Å². The lowest BCUT2D eigenvalue weighted by atomic mass is 10.2. The van der Waals surface area contributed by atoms with Crippen LogP contribution in [0.5, 0.6) is 5.75 Å². The van der Waals surface area contributed by atoms with Crippen LogP contribution in [0, 0.1) is 5.92 Å². The molecule has 0 saturated heterocycles. The van der Waals surface area contributed by atoms with Gasteiger partial charge in [-0.2, -0.15) is 0 Å². The molecule has 1 aromatic heterocycles. The number of ether oxygens (including phenoxy) is 1. The van der Waals surface area contributed by atoms with Crippen molar-refractivity contribution in [1.29, 1.82) is 0 Å². The fourth-order valence-corrected chi connectivity index (χ4v) is 3.49. The highest BCUT2D eigenvalue weighted by Crippen LogP contribution is 2.46. The molecular weight excluding hydrogens is 274 g/mol. The molecule has 2 atom stereocenters. The average Bonchev–Trinajstić information content (AvgIpc) is 3.05. The number of hydrogen-bond donors (Lipinski definition) is 3. The molecule has 4 N–H and O–H groups in total. The van der Waals surface area contributed by atoms with Crippen molar-refractivity contribution < 1.29 is 9.53 Å². The van der Waals surface area contributed by atoms with Crippen LogP contribution in [0.4, 0.5) is 10.7 Å². The number of thiophene rings is 1. The molecule has 2 unspecified atom stereocenters. The normalized spacial score (nSPS) is 20.6. The highest BCUT2D eigenvalue weighted by molar-refractivity contribution is 7.19. The van der Waals surface area contributed by atoms with Gasteiger partial charge in [0.05, 0.1) is 7.11 Å². The van der Waals surface area contributed by atoms with Crippen LogP contribution in [0.1, 0.15) is 42.8 Å². The lowest BCUT2D eigenvalue weighted by molar-refractivity contribution is 0.0960. The summed E-state index contributed by atoms with van der Waals surface area (Å²) in [7, 11) is 1.58. The predicted octanol–water partition coefficient (Wildman–Crippen LogP) is 2.69. The van der Waals surface area contributed by atoms with E-state index in [4.69, 9.17) is 10.5 Å². The van der Waals surface area contributed by atoms with E-state index in [-0.39, 0.29) is 5.91 Å². The summed E-state index contributed by atoms with van der Waals surface area (Å²) in [5.41, 5.74) is 6.45. The van der Waals surface area contributed by atoms with E-state index in [1.54, 1.807) is 7.11 Å². The molecule has 20 heavy (non-hydrogen) atoms. The average molecular weight is 297 g/mol. The monoisotopic (exact) mass is 297 g/mol. The molecular formula is C14H23N3O2S. The first-order valence-electron chi connectivity index (χ1n) is 7.13. The lowest BCUT2D eigenvalue weighted by Gasteiger charge is -2.06. The number of nitrogens with two attached hydrogens (primary N) is 1. The van der Waals surface area contributed by atoms with E-state index >= 15 is 0 Å². The van der Waals surface area contributed by atoms with E-state index in [1.807, 2.05) is 6.92 Å². The largest absolute Gasteiger partial charge is 0.492 e. The van der Waals surface area contributed by atoms with E-state index in [1.165, 1.54) is 30.6 Å². The Labute approximate surface area is 123 Å². The third-order valence-electron chi connectivity index (χ3n) is 3.55. The molecule has 0 aliphatic heterocycles. The molecule has 1 aliphatic rings. The van der Waals surface area contributed by atoms with Crippen LogP contribution >= 0.6 is 11.3 Å². The number of nitrogens with one attached hydrogen (secondary N) is 2. The summed E-state index contributed by atoms with van der Waals surface area (Å²) in [5.74, 6) is 1.20. The number of anilines is 2. The Balaban J connectivity index is 2.12. The molecule has 1 aliphatic carbocycles. The Morgan fingerprint density at radius 1 is 1.50 bits per heavy atom. The predicted molar refractivity (Wildman–Crippen MR) is 83.7 cm³/mol. The summed E-state index contributed by atoms with van der Waals surface area (Å²) in [6, 6.07) is 0.490. The minimum absolute atomic E-state index is 0.137. The van der Waals surface area contributed by atoms with E-state index in [0.717, 1.165) is 10.9 Å². The Morgan fingerprint density at radius 2 is 2.25 bits per heavy atom. The zero-order valence-electron chi connectivity index (χ0n) is 12.3. The first-order chi connectivity index (χ1) is 9.62. The number of carbonyl (C=O) groups excluding carboxylic acids is 1. The van der Waals surface area contributed by atoms with Crippen molar-refractivity contribution >= 4 is 27.9 Å². The summed E-state index contributed by atoms with van der Waals surface area (Å²) >= 11 is 1.37. The first kappa shape index (κ1) is 15.0. The van der Waals surface area contributed by atoms with Crippen LogP contribution in [0.25, 0.3) is 0 Å². The Bertz CT molecular complexity index is 487. The summed E-state index contributed by atoms with van der Waals surface area (Å²) in [4.78, 5) is 12.5. The molecule has 2 rings (SSSR count). The highest BCUT2D eigenvalue weighted by atomic mass is 32.1. The van der Waals surface area contributed by atoms with Gasteiger partial charge in [0.2, 0.25) is 0 Å². The Kier molecular flexibility index (Phi) is 4.75. The van der Waals surface area contributed by atoms with Crippen molar-refractivity contribution in [3.05, 3.63) is 4.88 Å². The zero-order valence-corrected chi connectivity index (χ0v) is 13.1. The number of methoxy groups -OCH3 is 1. The molecule has 0 spiro atoms. The maximum atomic E-state index is 12.0. The summed E-state index contributed by atoms with van der Waals surface area (Å²) in [6.45, 7) is 4.67. The van der Waals surface area contributed by atoms with E-state index in [9.17, 15) is 4.79 Å².